The van der Waals surface area contributed by atoms with Gasteiger partial charge in [-0.15, -0.1) is 6.42 Å². The number of hydrogen-bond acceptors (Lipinski definition) is 2. The summed E-state index contributed by atoms with van der Waals surface area (Å²) in [7, 11) is 0. The highest BCUT2D eigenvalue weighted by molar-refractivity contribution is 5.14. The normalized spacial score (nSPS) is 12.3. The average molecular weight is 244 g/mol. The van der Waals surface area contributed by atoms with E-state index in [-0.39, 0.29) is 6.04 Å². The summed E-state index contributed by atoms with van der Waals surface area (Å²) >= 11 is 0. The molecule has 0 fully saturated rings. The van der Waals surface area contributed by atoms with E-state index in [2.05, 4.69) is 42.0 Å². The van der Waals surface area contributed by atoms with Gasteiger partial charge in [-0.3, -0.25) is 4.90 Å². The van der Waals surface area contributed by atoms with Crippen LogP contribution < -0.4 is 5.73 Å². The van der Waals surface area contributed by atoms with Crippen LogP contribution in [0.25, 0.3) is 0 Å². The molecule has 0 spiro atoms. The number of aryl methyl sites for hydroxylation is 1. The van der Waals surface area contributed by atoms with Gasteiger partial charge < -0.3 is 5.73 Å². The fourth-order valence-corrected chi connectivity index (χ4v) is 2.10. The number of rotatable bonds is 8. The van der Waals surface area contributed by atoms with Crippen molar-refractivity contribution in [1.29, 1.82) is 0 Å². The molecule has 1 rings (SSSR count). The van der Waals surface area contributed by atoms with Gasteiger partial charge >= 0.3 is 0 Å². The zero-order chi connectivity index (χ0) is 13.2. The SMILES string of the molecule is C#CCN(CCC)CC(N)CCc1ccccc1. The molecule has 2 nitrogen and oxygen atoms in total. The highest BCUT2D eigenvalue weighted by Gasteiger charge is 2.09. The molecule has 0 aromatic heterocycles. The van der Waals surface area contributed by atoms with E-state index in [4.69, 9.17) is 12.2 Å². The van der Waals surface area contributed by atoms with E-state index >= 15 is 0 Å². The average Bonchev–Trinajstić information content (AvgIpc) is 2.38. The first-order chi connectivity index (χ1) is 8.76. The molecule has 1 aromatic rings. The monoisotopic (exact) mass is 244 g/mol. The molecule has 0 aliphatic heterocycles. The molecule has 0 saturated heterocycles. The van der Waals surface area contributed by atoms with Crippen LogP contribution in [0.1, 0.15) is 25.3 Å². The first-order valence-corrected chi connectivity index (χ1v) is 6.71. The molecular weight excluding hydrogens is 220 g/mol. The van der Waals surface area contributed by atoms with Gasteiger partial charge in [0.2, 0.25) is 0 Å². The summed E-state index contributed by atoms with van der Waals surface area (Å²) in [6.07, 6.45) is 8.53. The lowest BCUT2D eigenvalue weighted by atomic mass is 10.1. The Kier molecular flexibility index (Phi) is 7.17. The van der Waals surface area contributed by atoms with Crippen molar-refractivity contribution in [3.8, 4) is 12.3 Å². The summed E-state index contributed by atoms with van der Waals surface area (Å²) in [6.45, 7) is 4.79. The minimum atomic E-state index is 0.199. The molecule has 0 radical (unpaired) electrons. The van der Waals surface area contributed by atoms with Gasteiger partial charge in [-0.25, -0.2) is 0 Å². The van der Waals surface area contributed by atoms with Crippen LogP contribution in [-0.4, -0.2) is 30.6 Å². The van der Waals surface area contributed by atoms with Crippen molar-refractivity contribution in [3.63, 3.8) is 0 Å². The Hall–Kier alpha value is -1.30. The van der Waals surface area contributed by atoms with Gasteiger partial charge in [-0.2, -0.15) is 0 Å². The van der Waals surface area contributed by atoms with E-state index < -0.39 is 0 Å². The molecule has 1 unspecified atom stereocenters. The minimum absolute atomic E-state index is 0.199. The molecule has 2 N–H and O–H groups in total. The fourth-order valence-electron chi connectivity index (χ4n) is 2.10. The lowest BCUT2D eigenvalue weighted by Crippen LogP contribution is -2.38. The summed E-state index contributed by atoms with van der Waals surface area (Å²) in [4.78, 5) is 2.26. The minimum Gasteiger partial charge on any atom is -0.327 e. The van der Waals surface area contributed by atoms with Crippen molar-refractivity contribution in [1.82, 2.24) is 4.90 Å². The molecule has 0 aliphatic rings. The molecule has 0 saturated carbocycles. The van der Waals surface area contributed by atoms with Crippen molar-refractivity contribution in [2.24, 2.45) is 5.73 Å². The molecule has 1 aromatic carbocycles. The molecule has 0 heterocycles. The third kappa shape index (κ3) is 5.86. The largest absolute Gasteiger partial charge is 0.327 e. The molecule has 2 heteroatoms. The molecule has 0 amide bonds. The molecule has 0 bridgehead atoms. The van der Waals surface area contributed by atoms with Gasteiger partial charge in [0, 0.05) is 12.6 Å². The van der Waals surface area contributed by atoms with E-state index in [1.165, 1.54) is 5.56 Å². The van der Waals surface area contributed by atoms with Crippen molar-refractivity contribution >= 4 is 0 Å². The Labute approximate surface area is 111 Å². The van der Waals surface area contributed by atoms with Gasteiger partial charge in [-0.05, 0) is 31.4 Å². The zero-order valence-electron chi connectivity index (χ0n) is 11.3. The maximum Gasteiger partial charge on any atom is 0.0599 e. The first-order valence-electron chi connectivity index (χ1n) is 6.71. The summed E-state index contributed by atoms with van der Waals surface area (Å²) < 4.78 is 0. The summed E-state index contributed by atoms with van der Waals surface area (Å²) in [5, 5.41) is 0. The van der Waals surface area contributed by atoms with E-state index in [1.807, 2.05) is 6.07 Å². The molecular formula is C16H24N2. The molecule has 18 heavy (non-hydrogen) atoms. The van der Waals surface area contributed by atoms with Crippen LogP contribution in [0, 0.1) is 12.3 Å². The standard InChI is InChI=1S/C16H24N2/c1-3-12-18(13-4-2)14-16(17)11-10-15-8-6-5-7-9-15/h1,5-9,16H,4,10-14,17H2,2H3. The third-order valence-corrected chi connectivity index (χ3v) is 2.99. The van der Waals surface area contributed by atoms with Crippen molar-refractivity contribution < 1.29 is 0 Å². The second kappa shape index (κ2) is 8.74. The Balaban J connectivity index is 2.31. The maximum atomic E-state index is 6.17. The topological polar surface area (TPSA) is 29.3 Å². The number of hydrogen-bond donors (Lipinski definition) is 1. The Bertz CT molecular complexity index is 353. The molecule has 0 aliphatic carbocycles. The van der Waals surface area contributed by atoms with Gasteiger partial charge in [0.15, 0.2) is 0 Å². The second-order valence-electron chi connectivity index (χ2n) is 4.72. The van der Waals surface area contributed by atoms with Gasteiger partial charge in [-0.1, -0.05) is 43.2 Å². The summed E-state index contributed by atoms with van der Waals surface area (Å²) in [6, 6.07) is 10.7. The van der Waals surface area contributed by atoms with E-state index in [1.54, 1.807) is 0 Å². The van der Waals surface area contributed by atoms with Gasteiger partial charge in [0.25, 0.3) is 0 Å². The van der Waals surface area contributed by atoms with Crippen LogP contribution in [-0.2, 0) is 6.42 Å². The van der Waals surface area contributed by atoms with Crippen molar-refractivity contribution in [2.45, 2.75) is 32.2 Å². The van der Waals surface area contributed by atoms with Crippen LogP contribution in [0.2, 0.25) is 0 Å². The fraction of sp³-hybridized carbons (Fsp3) is 0.500. The Morgan fingerprint density at radius 2 is 2.06 bits per heavy atom. The zero-order valence-corrected chi connectivity index (χ0v) is 11.3. The van der Waals surface area contributed by atoms with Crippen molar-refractivity contribution in [2.75, 3.05) is 19.6 Å². The predicted molar refractivity (Wildman–Crippen MR) is 78.3 cm³/mol. The first kappa shape index (κ1) is 14.8. The number of nitrogens with two attached hydrogens (primary N) is 1. The summed E-state index contributed by atoms with van der Waals surface area (Å²) in [5.41, 5.74) is 7.53. The van der Waals surface area contributed by atoms with Crippen LogP contribution in [0.4, 0.5) is 0 Å². The number of nitrogens with zero attached hydrogens (tertiary/aromatic N) is 1. The van der Waals surface area contributed by atoms with E-state index in [0.29, 0.717) is 6.54 Å². The Morgan fingerprint density at radius 3 is 2.67 bits per heavy atom. The smallest absolute Gasteiger partial charge is 0.0599 e. The van der Waals surface area contributed by atoms with Crippen LogP contribution in [0.5, 0.6) is 0 Å². The highest BCUT2D eigenvalue weighted by Crippen LogP contribution is 2.05. The lowest BCUT2D eigenvalue weighted by Gasteiger charge is -2.23. The molecule has 98 valence electrons. The van der Waals surface area contributed by atoms with Gasteiger partial charge in [0.05, 0.1) is 6.54 Å². The van der Waals surface area contributed by atoms with Crippen molar-refractivity contribution in [3.05, 3.63) is 35.9 Å². The second-order valence-corrected chi connectivity index (χ2v) is 4.72. The lowest BCUT2D eigenvalue weighted by molar-refractivity contribution is 0.282. The van der Waals surface area contributed by atoms with Gasteiger partial charge in [0.1, 0.15) is 0 Å². The molecule has 1 atom stereocenters. The van der Waals surface area contributed by atoms with Crippen LogP contribution in [0.15, 0.2) is 30.3 Å². The predicted octanol–water partition coefficient (Wildman–Crippen LogP) is 2.29. The maximum absolute atomic E-state index is 6.17. The number of terminal acetylenes is 1. The number of benzene rings is 1. The quantitative estimate of drug-likeness (QED) is 0.711. The van der Waals surface area contributed by atoms with Crippen LogP contribution >= 0.6 is 0 Å². The van der Waals surface area contributed by atoms with Crippen LogP contribution in [0.3, 0.4) is 0 Å². The highest BCUT2D eigenvalue weighted by atomic mass is 15.1. The summed E-state index contributed by atoms with van der Waals surface area (Å²) in [5.74, 6) is 2.70. The van der Waals surface area contributed by atoms with E-state index in [0.717, 1.165) is 32.4 Å². The third-order valence-electron chi connectivity index (χ3n) is 2.99. The Morgan fingerprint density at radius 1 is 1.33 bits per heavy atom. The van der Waals surface area contributed by atoms with E-state index in [9.17, 15) is 0 Å².